The molecule has 2 heterocycles. The van der Waals surface area contributed by atoms with Crippen LogP contribution in [0.15, 0.2) is 69.1 Å². The number of rotatable bonds is 8. The number of nitrogens with two attached hydrogens (primary N) is 1. The number of carbonyl (C=O) groups is 2. The Balaban J connectivity index is 1.23. The maximum Gasteiger partial charge on any atom is 0.439 e. The molecule has 0 spiro atoms. The summed E-state index contributed by atoms with van der Waals surface area (Å²) in [6, 6.07) is 13.2. The molecule has 0 bridgehead atoms. The predicted molar refractivity (Wildman–Crippen MR) is 132 cm³/mol. The van der Waals surface area contributed by atoms with Crippen molar-refractivity contribution in [1.29, 1.82) is 0 Å². The van der Waals surface area contributed by atoms with Crippen LogP contribution in [0.1, 0.15) is 50.1 Å². The monoisotopic (exact) mass is 535 g/mol. The summed E-state index contributed by atoms with van der Waals surface area (Å²) in [7, 11) is 0. The van der Waals surface area contributed by atoms with Gasteiger partial charge in [-0.25, -0.2) is 19.0 Å². The van der Waals surface area contributed by atoms with E-state index in [4.69, 9.17) is 5.90 Å². The minimum Gasteiger partial charge on any atom is -0.347 e. The third-order valence-electron chi connectivity index (χ3n) is 6.00. The van der Waals surface area contributed by atoms with E-state index in [2.05, 4.69) is 39.5 Å². The van der Waals surface area contributed by atoms with Crippen molar-refractivity contribution in [2.45, 2.75) is 30.3 Å². The van der Waals surface area contributed by atoms with E-state index in [0.717, 1.165) is 23.9 Å². The average Bonchev–Trinajstić information content (AvgIpc) is 3.57. The molecule has 2 aromatic carbocycles. The Morgan fingerprint density at radius 1 is 1.13 bits per heavy atom. The lowest BCUT2D eigenvalue weighted by molar-refractivity contribution is 0.0931. The first kappa shape index (κ1) is 25.1. The van der Waals surface area contributed by atoms with Gasteiger partial charge in [0.05, 0.1) is 10.9 Å². The number of benzene rings is 2. The summed E-state index contributed by atoms with van der Waals surface area (Å²) in [4.78, 5) is 47.7. The molecule has 38 heavy (non-hydrogen) atoms. The first-order valence-corrected chi connectivity index (χ1v) is 12.5. The Bertz CT molecular complexity index is 1600. The summed E-state index contributed by atoms with van der Waals surface area (Å²) in [5.41, 5.74) is 3.42. The largest absolute Gasteiger partial charge is 0.439 e. The minimum absolute atomic E-state index is 0.0215. The first-order chi connectivity index (χ1) is 18.4. The number of nitrogens with zero attached hydrogens (tertiary/aromatic N) is 3. The molecule has 1 aliphatic carbocycles. The van der Waals surface area contributed by atoms with Gasteiger partial charge in [-0.2, -0.15) is 10.2 Å². The molecular formula is C24H21N7O6S. The molecule has 0 saturated heterocycles. The third-order valence-corrected chi connectivity index (χ3v) is 6.82. The van der Waals surface area contributed by atoms with E-state index in [9.17, 15) is 18.6 Å². The molecule has 0 saturated carbocycles. The van der Waals surface area contributed by atoms with Gasteiger partial charge in [0.15, 0.2) is 5.82 Å². The second kappa shape index (κ2) is 10.8. The predicted octanol–water partition coefficient (Wildman–Crippen LogP) is 1.08. The van der Waals surface area contributed by atoms with Gasteiger partial charge in [-0.15, -0.1) is 0 Å². The molecule has 0 fully saturated rings. The fourth-order valence-electron chi connectivity index (χ4n) is 4.19. The number of hydrogen-bond acceptors (Lipinski definition) is 10. The van der Waals surface area contributed by atoms with E-state index in [1.807, 2.05) is 12.1 Å². The van der Waals surface area contributed by atoms with Gasteiger partial charge in [0.25, 0.3) is 11.8 Å². The standard InChI is InChI=1S/C24H21N7O6S/c25-37-38(35)16-3-1-2-13(8-16)11-26-22(32)19-10-20(28-12-27-19)23(33)29-18-7-5-14-9-15(4-6-17(14)18)21-30-24(34)36-31-21/h1-4,6,8-10,12,18H,5,7,11,25H2,(H,26,32)(H,29,33)(H,30,31,34). The number of H-pyrrole nitrogens is 1. The SMILES string of the molecule is NOS(=O)c1cccc(CNC(=O)c2cc(C(=O)NC3CCc4cc(-c5noc(=O)[nH]5)ccc43)ncn2)c1. The van der Waals surface area contributed by atoms with Crippen LogP contribution < -0.4 is 22.3 Å². The molecule has 4 aromatic rings. The van der Waals surface area contributed by atoms with Crippen molar-refractivity contribution in [3.8, 4) is 11.4 Å². The molecule has 194 valence electrons. The smallest absolute Gasteiger partial charge is 0.347 e. The molecule has 5 rings (SSSR count). The molecule has 0 radical (unpaired) electrons. The second-order valence-electron chi connectivity index (χ2n) is 8.37. The second-order valence-corrected chi connectivity index (χ2v) is 9.50. The number of fused-ring (bicyclic) bond motifs is 1. The maximum absolute atomic E-state index is 12.9. The topological polar surface area (TPSA) is 195 Å². The summed E-state index contributed by atoms with van der Waals surface area (Å²) < 4.78 is 20.6. The van der Waals surface area contributed by atoms with Crippen molar-refractivity contribution in [1.82, 2.24) is 30.7 Å². The van der Waals surface area contributed by atoms with E-state index < -0.39 is 28.7 Å². The van der Waals surface area contributed by atoms with Crippen molar-refractivity contribution in [2.75, 3.05) is 0 Å². The zero-order chi connectivity index (χ0) is 26.6. The Labute approximate surface area is 217 Å². The van der Waals surface area contributed by atoms with Crippen LogP contribution in [0, 0.1) is 0 Å². The number of nitrogens with one attached hydrogen (secondary N) is 3. The van der Waals surface area contributed by atoms with Crippen LogP contribution >= 0.6 is 0 Å². The number of aromatic amines is 1. The summed E-state index contributed by atoms with van der Waals surface area (Å²) in [6.07, 6.45) is 2.55. The zero-order valence-electron chi connectivity index (χ0n) is 19.7. The molecule has 0 aliphatic heterocycles. The van der Waals surface area contributed by atoms with Gasteiger partial charge in [0, 0.05) is 18.2 Å². The van der Waals surface area contributed by atoms with Crippen LogP contribution in [0.4, 0.5) is 0 Å². The Hall–Kier alpha value is -4.53. The van der Waals surface area contributed by atoms with Gasteiger partial charge in [-0.1, -0.05) is 29.4 Å². The van der Waals surface area contributed by atoms with Gasteiger partial charge >= 0.3 is 5.76 Å². The maximum atomic E-state index is 12.9. The molecule has 14 heteroatoms. The first-order valence-electron chi connectivity index (χ1n) is 11.4. The van der Waals surface area contributed by atoms with Crippen LogP contribution in [0.25, 0.3) is 11.4 Å². The van der Waals surface area contributed by atoms with Gasteiger partial charge in [-0.05, 0) is 47.7 Å². The zero-order valence-corrected chi connectivity index (χ0v) is 20.5. The van der Waals surface area contributed by atoms with E-state index >= 15 is 0 Å². The molecule has 2 unspecified atom stereocenters. The van der Waals surface area contributed by atoms with Crippen LogP contribution in [0.5, 0.6) is 0 Å². The van der Waals surface area contributed by atoms with Crippen molar-refractivity contribution in [2.24, 2.45) is 5.90 Å². The molecular weight excluding hydrogens is 514 g/mol. The van der Waals surface area contributed by atoms with Gasteiger partial charge in [0.1, 0.15) is 17.7 Å². The lowest BCUT2D eigenvalue weighted by Gasteiger charge is -2.14. The number of aryl methyl sites for hydroxylation is 1. The molecule has 2 amide bonds. The van der Waals surface area contributed by atoms with E-state index in [1.54, 1.807) is 30.3 Å². The Kier molecular flexibility index (Phi) is 7.17. The number of hydrogen-bond donors (Lipinski definition) is 4. The quantitative estimate of drug-likeness (QED) is 0.237. The lowest BCUT2D eigenvalue weighted by atomic mass is 10.0. The van der Waals surface area contributed by atoms with Crippen molar-refractivity contribution >= 4 is 22.9 Å². The lowest BCUT2D eigenvalue weighted by Crippen LogP contribution is -2.29. The average molecular weight is 536 g/mol. The normalized spacial score (nSPS) is 15.0. The summed E-state index contributed by atoms with van der Waals surface area (Å²) in [5, 5.41) is 9.37. The van der Waals surface area contributed by atoms with Crippen LogP contribution in [-0.4, -0.2) is 36.1 Å². The molecule has 1 aliphatic rings. The van der Waals surface area contributed by atoms with Crippen molar-refractivity contribution in [3.63, 3.8) is 0 Å². The molecule has 2 aromatic heterocycles. The molecule has 13 nitrogen and oxygen atoms in total. The van der Waals surface area contributed by atoms with Gasteiger partial charge in [-0.3, -0.25) is 19.1 Å². The summed E-state index contributed by atoms with van der Waals surface area (Å²) in [5.74, 6) is 3.72. The highest BCUT2D eigenvalue weighted by atomic mass is 32.2. The van der Waals surface area contributed by atoms with E-state index in [0.29, 0.717) is 28.3 Å². The summed E-state index contributed by atoms with van der Waals surface area (Å²) in [6.45, 7) is 0.128. The van der Waals surface area contributed by atoms with Crippen LogP contribution in [0.3, 0.4) is 0 Å². The van der Waals surface area contributed by atoms with Crippen molar-refractivity contribution < 1.29 is 22.6 Å². The fraction of sp³-hybridized carbons (Fsp3) is 0.167. The number of aromatic nitrogens is 4. The van der Waals surface area contributed by atoms with Crippen LogP contribution in [-0.2, 0) is 28.3 Å². The Morgan fingerprint density at radius 3 is 2.71 bits per heavy atom. The van der Waals surface area contributed by atoms with Gasteiger partial charge in [0.2, 0.25) is 11.1 Å². The Morgan fingerprint density at radius 2 is 1.95 bits per heavy atom. The highest BCUT2D eigenvalue weighted by Crippen LogP contribution is 2.33. The third kappa shape index (κ3) is 5.41. The van der Waals surface area contributed by atoms with E-state index in [1.165, 1.54) is 6.07 Å². The van der Waals surface area contributed by atoms with Crippen LogP contribution in [0.2, 0.25) is 0 Å². The highest BCUT2D eigenvalue weighted by Gasteiger charge is 2.26. The van der Waals surface area contributed by atoms with E-state index in [-0.39, 0.29) is 24.0 Å². The molecule has 5 N–H and O–H groups in total. The number of carbonyl (C=O) groups excluding carboxylic acids is 2. The van der Waals surface area contributed by atoms with Gasteiger partial charge < -0.3 is 10.6 Å². The fourth-order valence-corrected chi connectivity index (χ4v) is 4.74. The van der Waals surface area contributed by atoms with Crippen molar-refractivity contribution in [3.05, 3.63) is 93.5 Å². The highest BCUT2D eigenvalue weighted by molar-refractivity contribution is 7.80. The summed E-state index contributed by atoms with van der Waals surface area (Å²) >= 11 is -1.80. The minimum atomic E-state index is -1.80. The number of amides is 2. The molecule has 2 atom stereocenters.